The lowest BCUT2D eigenvalue weighted by molar-refractivity contribution is 1.07. The second kappa shape index (κ2) is 11.2. The first-order valence-electron chi connectivity index (χ1n) is 17.5. The molecule has 0 spiro atoms. The zero-order chi connectivity index (χ0) is 34.2. The molecule has 52 heavy (non-hydrogen) atoms. The number of benzene rings is 7. The van der Waals surface area contributed by atoms with Crippen molar-refractivity contribution in [2.75, 3.05) is 0 Å². The molecule has 0 amide bonds. The Balaban J connectivity index is 1.19. The maximum Gasteiger partial charge on any atom is 0.164 e. The highest BCUT2D eigenvalue weighted by Gasteiger charge is 2.19. The summed E-state index contributed by atoms with van der Waals surface area (Å²) >= 11 is 0. The number of hydrogen-bond acceptors (Lipinski definition) is 3. The molecular weight excluding hydrogens is 635 g/mol. The Morgan fingerprint density at radius 1 is 0.308 bits per heavy atom. The Kier molecular flexibility index (Phi) is 6.18. The molecule has 4 aromatic heterocycles. The van der Waals surface area contributed by atoms with E-state index in [1.165, 1.54) is 48.9 Å². The molecule has 0 radical (unpaired) electrons. The van der Waals surface area contributed by atoms with Gasteiger partial charge in [0.05, 0.1) is 27.6 Å². The third-order valence-corrected chi connectivity index (χ3v) is 10.3. The Morgan fingerprint density at radius 3 is 1.54 bits per heavy atom. The zero-order valence-corrected chi connectivity index (χ0v) is 28.0. The lowest BCUT2D eigenvalue weighted by Crippen LogP contribution is -2.01. The van der Waals surface area contributed by atoms with Crippen molar-refractivity contribution in [3.05, 3.63) is 176 Å². The number of hydrogen-bond donors (Lipinski definition) is 0. The van der Waals surface area contributed by atoms with Gasteiger partial charge in [-0.1, -0.05) is 133 Å². The van der Waals surface area contributed by atoms with Crippen molar-refractivity contribution in [1.29, 1.82) is 0 Å². The van der Waals surface area contributed by atoms with Crippen LogP contribution in [-0.4, -0.2) is 23.9 Å². The highest BCUT2D eigenvalue weighted by atomic mass is 15.0. The van der Waals surface area contributed by atoms with E-state index in [1.54, 1.807) is 0 Å². The third-order valence-electron chi connectivity index (χ3n) is 10.3. The molecule has 0 bridgehead atoms. The lowest BCUT2D eigenvalue weighted by Gasteiger charge is -2.13. The van der Waals surface area contributed by atoms with Crippen LogP contribution in [0.3, 0.4) is 0 Å². The first-order valence-corrected chi connectivity index (χ1v) is 17.5. The van der Waals surface area contributed by atoms with Crippen LogP contribution >= 0.6 is 0 Å². The van der Waals surface area contributed by atoms with Crippen LogP contribution in [0.25, 0.3) is 99.8 Å². The lowest BCUT2D eigenvalue weighted by atomic mass is 10.0. The maximum atomic E-state index is 5.04. The topological polar surface area (TPSA) is 48.0 Å². The summed E-state index contributed by atoms with van der Waals surface area (Å²) in [4.78, 5) is 15.0. The van der Waals surface area contributed by atoms with Gasteiger partial charge in [0.15, 0.2) is 17.5 Å². The molecule has 11 aromatic rings. The van der Waals surface area contributed by atoms with Crippen molar-refractivity contribution in [1.82, 2.24) is 23.9 Å². The van der Waals surface area contributed by atoms with Crippen LogP contribution in [0.15, 0.2) is 176 Å². The highest BCUT2D eigenvalue weighted by Crippen LogP contribution is 2.40. The fourth-order valence-corrected chi connectivity index (χ4v) is 7.96. The van der Waals surface area contributed by atoms with Gasteiger partial charge < -0.3 is 8.97 Å². The van der Waals surface area contributed by atoms with Crippen molar-refractivity contribution in [2.24, 2.45) is 0 Å². The molecule has 0 unspecified atom stereocenters. The molecule has 5 heteroatoms. The Bertz CT molecular complexity index is 3120. The molecule has 0 atom stereocenters. The summed E-state index contributed by atoms with van der Waals surface area (Å²) in [5.41, 5.74) is 9.75. The van der Waals surface area contributed by atoms with Crippen LogP contribution in [-0.2, 0) is 0 Å². The predicted octanol–water partition coefficient (Wildman–Crippen LogP) is 11.7. The van der Waals surface area contributed by atoms with Gasteiger partial charge in [-0.15, -0.1) is 0 Å². The third kappa shape index (κ3) is 4.33. The summed E-state index contributed by atoms with van der Waals surface area (Å²) in [5, 5.41) is 7.41. The summed E-state index contributed by atoms with van der Waals surface area (Å²) in [7, 11) is 0. The Hall–Kier alpha value is -7.11. The van der Waals surface area contributed by atoms with Crippen LogP contribution in [0.1, 0.15) is 0 Å². The minimum Gasteiger partial charge on any atom is -0.309 e. The summed E-state index contributed by atoms with van der Waals surface area (Å²) in [5.74, 6) is 1.93. The molecular formula is C47H29N5. The minimum absolute atomic E-state index is 0.632. The first-order chi connectivity index (χ1) is 25.8. The Morgan fingerprint density at radius 2 is 0.827 bits per heavy atom. The van der Waals surface area contributed by atoms with Crippen LogP contribution in [0.5, 0.6) is 0 Å². The standard InChI is InChI=1S/C47H29N5/c1-3-14-30(15-4-1)45-48-46(31-16-5-2-6-17-31)50-47(49-45)33-19-13-20-34(26-33)51-41-25-12-10-23-37(41)39-28-38-35-21-8-9-22-36(35)42-27-32-18-7-11-24-40(32)52(42)44(38)29-43(39)51/h1-29H. The van der Waals surface area contributed by atoms with E-state index in [9.17, 15) is 0 Å². The normalized spacial score (nSPS) is 11.8. The van der Waals surface area contributed by atoms with Crippen LogP contribution in [0.2, 0.25) is 0 Å². The number of fused-ring (bicyclic) bond motifs is 11. The monoisotopic (exact) mass is 663 g/mol. The fourth-order valence-electron chi connectivity index (χ4n) is 7.96. The molecule has 5 nitrogen and oxygen atoms in total. The van der Waals surface area contributed by atoms with E-state index in [0.29, 0.717) is 17.5 Å². The molecule has 0 aliphatic carbocycles. The summed E-state index contributed by atoms with van der Waals surface area (Å²) in [6.07, 6.45) is 0. The highest BCUT2D eigenvalue weighted by molar-refractivity contribution is 6.21. The fraction of sp³-hybridized carbons (Fsp3) is 0. The maximum absolute atomic E-state index is 5.04. The van der Waals surface area contributed by atoms with Gasteiger partial charge in [0.25, 0.3) is 0 Å². The SMILES string of the molecule is c1ccc(-c2nc(-c3ccccc3)nc(-c3cccc(-n4c5ccccc5c5cc6c7ccccc7c7cc8ccccc8n7c6cc54)c3)n2)cc1. The molecule has 7 aromatic carbocycles. The number of rotatable bonds is 4. The van der Waals surface area contributed by atoms with E-state index in [1.807, 2.05) is 60.7 Å². The minimum atomic E-state index is 0.632. The summed E-state index contributed by atoms with van der Waals surface area (Å²) < 4.78 is 4.82. The van der Waals surface area contributed by atoms with Gasteiger partial charge in [0.2, 0.25) is 0 Å². The van der Waals surface area contributed by atoms with Crippen molar-refractivity contribution in [2.45, 2.75) is 0 Å². The van der Waals surface area contributed by atoms with E-state index in [-0.39, 0.29) is 0 Å². The number of para-hydroxylation sites is 2. The predicted molar refractivity (Wildman–Crippen MR) is 214 cm³/mol. The summed E-state index contributed by atoms with van der Waals surface area (Å²) in [6.45, 7) is 0. The van der Waals surface area contributed by atoms with E-state index >= 15 is 0 Å². The molecule has 0 saturated carbocycles. The second-order valence-electron chi connectivity index (χ2n) is 13.3. The molecule has 0 saturated heterocycles. The van der Waals surface area contributed by atoms with E-state index in [0.717, 1.165) is 33.4 Å². The van der Waals surface area contributed by atoms with E-state index in [2.05, 4.69) is 124 Å². The first kappa shape index (κ1) is 28.7. The molecule has 0 N–H and O–H groups in total. The zero-order valence-electron chi connectivity index (χ0n) is 28.0. The quantitative estimate of drug-likeness (QED) is 0.176. The van der Waals surface area contributed by atoms with Crippen LogP contribution in [0, 0.1) is 0 Å². The Labute approximate surface area is 298 Å². The largest absolute Gasteiger partial charge is 0.309 e. The molecule has 11 rings (SSSR count). The van der Waals surface area contributed by atoms with Gasteiger partial charge in [0.1, 0.15) is 0 Å². The molecule has 0 aliphatic rings. The van der Waals surface area contributed by atoms with Crippen molar-refractivity contribution >= 4 is 59.9 Å². The second-order valence-corrected chi connectivity index (χ2v) is 13.3. The average molecular weight is 664 g/mol. The van der Waals surface area contributed by atoms with E-state index in [4.69, 9.17) is 15.0 Å². The average Bonchev–Trinajstić information content (AvgIpc) is 3.77. The number of pyridine rings is 1. The molecule has 242 valence electrons. The van der Waals surface area contributed by atoms with Crippen molar-refractivity contribution in [3.8, 4) is 39.9 Å². The van der Waals surface area contributed by atoms with Crippen LogP contribution < -0.4 is 0 Å². The van der Waals surface area contributed by atoms with E-state index < -0.39 is 0 Å². The molecule has 4 heterocycles. The smallest absolute Gasteiger partial charge is 0.164 e. The van der Waals surface area contributed by atoms with Gasteiger partial charge in [-0.3, -0.25) is 0 Å². The van der Waals surface area contributed by atoms with Gasteiger partial charge in [-0.25, -0.2) is 15.0 Å². The van der Waals surface area contributed by atoms with Gasteiger partial charge in [0, 0.05) is 49.3 Å². The van der Waals surface area contributed by atoms with Gasteiger partial charge in [-0.2, -0.15) is 0 Å². The summed E-state index contributed by atoms with van der Waals surface area (Å²) in [6, 6.07) is 62.1. The van der Waals surface area contributed by atoms with Gasteiger partial charge >= 0.3 is 0 Å². The van der Waals surface area contributed by atoms with Crippen molar-refractivity contribution < 1.29 is 0 Å². The molecule has 0 fully saturated rings. The van der Waals surface area contributed by atoms with Crippen molar-refractivity contribution in [3.63, 3.8) is 0 Å². The van der Waals surface area contributed by atoms with Gasteiger partial charge in [-0.05, 0) is 47.9 Å². The number of nitrogens with zero attached hydrogens (tertiary/aromatic N) is 5. The molecule has 0 aliphatic heterocycles. The van der Waals surface area contributed by atoms with Crippen LogP contribution in [0.4, 0.5) is 0 Å². The number of aromatic nitrogens is 5.